The third-order valence-electron chi connectivity index (χ3n) is 6.33. The van der Waals surface area contributed by atoms with Gasteiger partial charge in [-0.2, -0.15) is 0 Å². The number of hydrogen-bond acceptors (Lipinski definition) is 4. The summed E-state index contributed by atoms with van der Waals surface area (Å²) in [6, 6.07) is 10.5. The number of hydrogen-bond donors (Lipinski definition) is 4. The minimum Gasteiger partial charge on any atom is -0.393 e. The van der Waals surface area contributed by atoms with Crippen molar-refractivity contribution in [3.8, 4) is 0 Å². The first-order valence-corrected chi connectivity index (χ1v) is 11.7. The Labute approximate surface area is 185 Å². The number of aryl methyl sites for hydroxylation is 1. The fourth-order valence-electron chi connectivity index (χ4n) is 4.30. The van der Waals surface area contributed by atoms with Gasteiger partial charge in [0.1, 0.15) is 0 Å². The average Bonchev–Trinajstić information content (AvgIpc) is 3.52. The molecule has 2 aliphatic rings. The average molecular weight is 428 g/mol. The maximum atomic E-state index is 11.7. The fraction of sp³-hybridized carbons (Fsp3) is 0.577. The van der Waals surface area contributed by atoms with Gasteiger partial charge >= 0.3 is 0 Å². The molecule has 0 heterocycles. The Hall–Kier alpha value is -1.95. The standard InChI is InChI=1S/C26H37NO4/c28-21(15-12-19-8-4-3-5-9-19)16-17-23-22(24(29)18-25(23)30)10-6-1-2-7-11-26(31)27-20-13-14-20/h1,3-6,8-9,16-17,20-25,28-30H,2,7,10-15,18H2,(H,27,31)/t21-,22+,23+,24-,25+/m0/s1. The van der Waals surface area contributed by atoms with Gasteiger partial charge in [-0.25, -0.2) is 0 Å². The number of allylic oxidation sites excluding steroid dienone is 2. The van der Waals surface area contributed by atoms with E-state index in [0.29, 0.717) is 31.7 Å². The Morgan fingerprint density at radius 1 is 1.13 bits per heavy atom. The van der Waals surface area contributed by atoms with Gasteiger partial charge in [0.25, 0.3) is 0 Å². The van der Waals surface area contributed by atoms with Crippen molar-refractivity contribution < 1.29 is 20.1 Å². The van der Waals surface area contributed by atoms with Crippen LogP contribution in [0.2, 0.25) is 0 Å². The lowest BCUT2D eigenvalue weighted by molar-refractivity contribution is -0.121. The van der Waals surface area contributed by atoms with E-state index in [4.69, 9.17) is 0 Å². The second kappa shape index (κ2) is 12.2. The van der Waals surface area contributed by atoms with Crippen molar-refractivity contribution >= 4 is 5.91 Å². The van der Waals surface area contributed by atoms with E-state index < -0.39 is 18.3 Å². The van der Waals surface area contributed by atoms with Crippen LogP contribution in [0.25, 0.3) is 0 Å². The number of aliphatic hydroxyl groups excluding tert-OH is 3. The molecule has 0 unspecified atom stereocenters. The predicted octanol–water partition coefficient (Wildman–Crippen LogP) is 3.29. The summed E-state index contributed by atoms with van der Waals surface area (Å²) in [4.78, 5) is 11.7. The number of carbonyl (C=O) groups is 1. The second-order valence-electron chi connectivity index (χ2n) is 9.03. The molecule has 0 radical (unpaired) electrons. The van der Waals surface area contributed by atoms with Crippen LogP contribution in [0.1, 0.15) is 56.9 Å². The summed E-state index contributed by atoms with van der Waals surface area (Å²) in [5.41, 5.74) is 1.19. The maximum absolute atomic E-state index is 11.7. The van der Waals surface area contributed by atoms with Gasteiger partial charge in [-0.15, -0.1) is 0 Å². The van der Waals surface area contributed by atoms with Crippen LogP contribution in [0.4, 0.5) is 0 Å². The summed E-state index contributed by atoms with van der Waals surface area (Å²) >= 11 is 0. The van der Waals surface area contributed by atoms with Gasteiger partial charge in [0, 0.05) is 24.8 Å². The zero-order chi connectivity index (χ0) is 22.1. The Bertz CT molecular complexity index is 728. The molecule has 0 aliphatic heterocycles. The highest BCUT2D eigenvalue weighted by molar-refractivity contribution is 5.76. The first kappa shape index (κ1) is 23.7. The molecule has 5 atom stereocenters. The minimum absolute atomic E-state index is 0.0537. The largest absolute Gasteiger partial charge is 0.393 e. The van der Waals surface area contributed by atoms with Crippen LogP contribution in [0, 0.1) is 11.8 Å². The van der Waals surface area contributed by atoms with Gasteiger partial charge < -0.3 is 20.6 Å². The summed E-state index contributed by atoms with van der Waals surface area (Å²) in [5.74, 6) is -0.0707. The number of carbonyl (C=O) groups excluding carboxylic acids is 1. The number of unbranched alkanes of at least 4 members (excludes halogenated alkanes) is 1. The van der Waals surface area contributed by atoms with E-state index in [9.17, 15) is 20.1 Å². The van der Waals surface area contributed by atoms with Crippen LogP contribution >= 0.6 is 0 Å². The summed E-state index contributed by atoms with van der Waals surface area (Å²) < 4.78 is 0. The number of aliphatic hydroxyl groups is 3. The Morgan fingerprint density at radius 3 is 2.65 bits per heavy atom. The van der Waals surface area contributed by atoms with E-state index in [1.165, 1.54) is 5.56 Å². The van der Waals surface area contributed by atoms with E-state index in [1.807, 2.05) is 24.3 Å². The van der Waals surface area contributed by atoms with E-state index in [0.717, 1.165) is 32.1 Å². The van der Waals surface area contributed by atoms with Crippen LogP contribution in [0.15, 0.2) is 54.6 Å². The lowest BCUT2D eigenvalue weighted by Crippen LogP contribution is -2.24. The van der Waals surface area contributed by atoms with E-state index >= 15 is 0 Å². The number of rotatable bonds is 12. The molecule has 1 aromatic carbocycles. The Kier molecular flexibility index (Phi) is 9.31. The van der Waals surface area contributed by atoms with Crippen molar-refractivity contribution in [1.29, 1.82) is 0 Å². The smallest absolute Gasteiger partial charge is 0.220 e. The minimum atomic E-state index is -0.586. The molecule has 2 fully saturated rings. The molecule has 2 aliphatic carbocycles. The third-order valence-corrected chi connectivity index (χ3v) is 6.33. The Morgan fingerprint density at radius 2 is 1.90 bits per heavy atom. The topological polar surface area (TPSA) is 89.8 Å². The van der Waals surface area contributed by atoms with Crippen molar-refractivity contribution in [3.63, 3.8) is 0 Å². The highest BCUT2D eigenvalue weighted by Gasteiger charge is 2.39. The summed E-state index contributed by atoms with van der Waals surface area (Å²) in [6.45, 7) is 0. The van der Waals surface area contributed by atoms with Crippen LogP contribution < -0.4 is 5.32 Å². The maximum Gasteiger partial charge on any atom is 0.220 e. The number of amides is 1. The van der Waals surface area contributed by atoms with E-state index in [1.54, 1.807) is 6.08 Å². The van der Waals surface area contributed by atoms with Crippen molar-refractivity contribution in [2.45, 2.75) is 82.1 Å². The van der Waals surface area contributed by atoms with Gasteiger partial charge in [0.05, 0.1) is 18.3 Å². The van der Waals surface area contributed by atoms with E-state index in [-0.39, 0.29) is 17.7 Å². The Balaban J connectivity index is 1.39. The SMILES string of the molecule is O=C(CCCC=CC[C@@H]1[C@@H](C=C[C@@H](O)CCc2ccccc2)[C@H](O)C[C@@H]1O)NC1CC1. The quantitative estimate of drug-likeness (QED) is 0.304. The first-order valence-electron chi connectivity index (χ1n) is 11.7. The van der Waals surface area contributed by atoms with Gasteiger partial charge in [0.15, 0.2) is 0 Å². The van der Waals surface area contributed by atoms with Crippen LogP contribution in [-0.2, 0) is 11.2 Å². The fourth-order valence-corrected chi connectivity index (χ4v) is 4.30. The molecule has 0 aromatic heterocycles. The van der Waals surface area contributed by atoms with Gasteiger partial charge in [-0.05, 0) is 56.4 Å². The van der Waals surface area contributed by atoms with E-state index in [2.05, 4.69) is 29.6 Å². The molecule has 170 valence electrons. The monoisotopic (exact) mass is 427 g/mol. The molecule has 0 bridgehead atoms. The number of nitrogens with one attached hydrogen (secondary N) is 1. The van der Waals surface area contributed by atoms with Gasteiger partial charge in [-0.1, -0.05) is 54.6 Å². The van der Waals surface area contributed by atoms with Crippen molar-refractivity contribution in [2.75, 3.05) is 0 Å². The molecule has 0 spiro atoms. The summed E-state index contributed by atoms with van der Waals surface area (Å²) in [5, 5.41) is 34.0. The van der Waals surface area contributed by atoms with Crippen molar-refractivity contribution in [2.24, 2.45) is 11.8 Å². The molecule has 5 heteroatoms. The number of benzene rings is 1. The van der Waals surface area contributed by atoms with Crippen LogP contribution in [-0.4, -0.2) is 45.6 Å². The third kappa shape index (κ3) is 8.24. The van der Waals surface area contributed by atoms with Crippen molar-refractivity contribution in [1.82, 2.24) is 5.32 Å². The molecule has 1 aromatic rings. The lowest BCUT2D eigenvalue weighted by atomic mass is 9.89. The van der Waals surface area contributed by atoms with Crippen molar-refractivity contribution in [3.05, 3.63) is 60.2 Å². The molecule has 0 saturated heterocycles. The molecular formula is C26H37NO4. The summed E-state index contributed by atoms with van der Waals surface area (Å²) in [6.07, 6.45) is 13.0. The summed E-state index contributed by atoms with van der Waals surface area (Å²) in [7, 11) is 0. The molecule has 2 saturated carbocycles. The zero-order valence-corrected chi connectivity index (χ0v) is 18.3. The van der Waals surface area contributed by atoms with Crippen LogP contribution in [0.5, 0.6) is 0 Å². The molecule has 5 nitrogen and oxygen atoms in total. The van der Waals surface area contributed by atoms with Crippen LogP contribution in [0.3, 0.4) is 0 Å². The zero-order valence-electron chi connectivity index (χ0n) is 18.3. The molecule has 1 amide bonds. The lowest BCUT2D eigenvalue weighted by Gasteiger charge is -2.19. The molecule has 4 N–H and O–H groups in total. The van der Waals surface area contributed by atoms with Gasteiger partial charge in [-0.3, -0.25) is 4.79 Å². The van der Waals surface area contributed by atoms with Gasteiger partial charge in [0.2, 0.25) is 5.91 Å². The first-order chi connectivity index (χ1) is 15.0. The molecular weight excluding hydrogens is 390 g/mol. The highest BCUT2D eigenvalue weighted by atomic mass is 16.3. The molecule has 3 rings (SSSR count). The normalized spacial score (nSPS) is 27.2. The predicted molar refractivity (Wildman–Crippen MR) is 122 cm³/mol. The highest BCUT2D eigenvalue weighted by Crippen LogP contribution is 2.36. The molecule has 31 heavy (non-hydrogen) atoms. The second-order valence-corrected chi connectivity index (χ2v) is 9.03.